The van der Waals surface area contributed by atoms with Gasteiger partial charge in [0.2, 0.25) is 0 Å². The van der Waals surface area contributed by atoms with Gasteiger partial charge < -0.3 is 14.8 Å². The molecule has 1 atom stereocenters. The zero-order valence-corrected chi connectivity index (χ0v) is 14.1. The van der Waals surface area contributed by atoms with Crippen molar-refractivity contribution in [3.05, 3.63) is 36.8 Å². The Hall–Kier alpha value is -2.88. The van der Waals surface area contributed by atoms with Gasteiger partial charge in [-0.1, -0.05) is 0 Å². The van der Waals surface area contributed by atoms with Gasteiger partial charge in [-0.2, -0.15) is 5.10 Å². The third-order valence-electron chi connectivity index (χ3n) is 4.24. The van der Waals surface area contributed by atoms with Crippen LogP contribution in [0.5, 0.6) is 5.75 Å². The molecular weight excluding hydrogens is 363 g/mol. The van der Waals surface area contributed by atoms with Crippen molar-refractivity contribution in [1.29, 1.82) is 0 Å². The summed E-state index contributed by atoms with van der Waals surface area (Å²) in [5.41, 5.74) is 1.26. The predicted molar refractivity (Wildman–Crippen MR) is 90.7 cm³/mol. The van der Waals surface area contributed by atoms with Gasteiger partial charge in [-0.25, -0.2) is 14.6 Å². The zero-order chi connectivity index (χ0) is 18.9. The van der Waals surface area contributed by atoms with E-state index in [1.807, 2.05) is 4.68 Å². The van der Waals surface area contributed by atoms with Crippen molar-refractivity contribution in [2.75, 3.05) is 18.5 Å². The minimum atomic E-state index is -4.72. The summed E-state index contributed by atoms with van der Waals surface area (Å²) < 4.78 is 47.8. The number of nitrogens with one attached hydrogen (secondary N) is 1. The van der Waals surface area contributed by atoms with E-state index in [4.69, 9.17) is 4.74 Å². The van der Waals surface area contributed by atoms with Crippen molar-refractivity contribution in [3.8, 4) is 5.75 Å². The molecule has 3 aromatic rings. The summed E-state index contributed by atoms with van der Waals surface area (Å²) in [6.07, 6.45) is -0.625. The van der Waals surface area contributed by atoms with E-state index in [1.54, 1.807) is 6.20 Å². The molecule has 1 aliphatic heterocycles. The second-order valence-corrected chi connectivity index (χ2v) is 6.21. The van der Waals surface area contributed by atoms with Gasteiger partial charge in [0.15, 0.2) is 5.65 Å². The van der Waals surface area contributed by atoms with Crippen LogP contribution in [0.3, 0.4) is 0 Å². The molecule has 7 nitrogen and oxygen atoms in total. The molecule has 0 bridgehead atoms. The second-order valence-electron chi connectivity index (χ2n) is 6.21. The highest BCUT2D eigenvalue weighted by Crippen LogP contribution is 2.27. The van der Waals surface area contributed by atoms with Crippen LogP contribution in [0.2, 0.25) is 0 Å². The first-order valence-corrected chi connectivity index (χ1v) is 8.35. The van der Waals surface area contributed by atoms with E-state index in [9.17, 15) is 13.2 Å². The minimum absolute atomic E-state index is 0.285. The van der Waals surface area contributed by atoms with Gasteiger partial charge in [0, 0.05) is 24.8 Å². The number of ether oxygens (including phenoxy) is 2. The molecule has 27 heavy (non-hydrogen) atoms. The van der Waals surface area contributed by atoms with Crippen LogP contribution in [0, 0.1) is 5.92 Å². The molecule has 0 amide bonds. The minimum Gasteiger partial charge on any atom is -0.406 e. The van der Waals surface area contributed by atoms with E-state index in [0.29, 0.717) is 36.2 Å². The largest absolute Gasteiger partial charge is 0.573 e. The third-order valence-corrected chi connectivity index (χ3v) is 4.24. The Balaban J connectivity index is 1.52. The van der Waals surface area contributed by atoms with Crippen LogP contribution in [-0.2, 0) is 11.3 Å². The maximum Gasteiger partial charge on any atom is 0.573 e. The summed E-state index contributed by atoms with van der Waals surface area (Å²) in [6, 6.07) is 5.43. The van der Waals surface area contributed by atoms with Crippen molar-refractivity contribution < 1.29 is 22.6 Å². The number of halogens is 3. The van der Waals surface area contributed by atoms with Gasteiger partial charge in [0.05, 0.1) is 18.2 Å². The first kappa shape index (κ1) is 17.5. The van der Waals surface area contributed by atoms with Crippen molar-refractivity contribution in [2.45, 2.75) is 19.3 Å². The number of fused-ring (bicyclic) bond motifs is 1. The van der Waals surface area contributed by atoms with Crippen molar-refractivity contribution in [1.82, 2.24) is 19.7 Å². The van der Waals surface area contributed by atoms with Crippen LogP contribution in [0.25, 0.3) is 11.0 Å². The van der Waals surface area contributed by atoms with E-state index in [1.165, 1.54) is 30.6 Å². The lowest BCUT2D eigenvalue weighted by atomic mass is 10.1. The fourth-order valence-corrected chi connectivity index (χ4v) is 2.97. The van der Waals surface area contributed by atoms with Gasteiger partial charge in [-0.05, 0) is 30.7 Å². The first-order chi connectivity index (χ1) is 13.0. The van der Waals surface area contributed by atoms with Crippen LogP contribution in [-0.4, -0.2) is 39.3 Å². The SMILES string of the molecule is FC(F)(F)Oc1ccc(Nc2ncnc3c2cnn3CC2CCOC2)cc1. The summed E-state index contributed by atoms with van der Waals surface area (Å²) in [5.74, 6) is 0.645. The van der Waals surface area contributed by atoms with Gasteiger partial charge in [0.25, 0.3) is 0 Å². The van der Waals surface area contributed by atoms with E-state index in [0.717, 1.165) is 18.4 Å². The fraction of sp³-hybridized carbons (Fsp3) is 0.353. The lowest BCUT2D eigenvalue weighted by molar-refractivity contribution is -0.274. The number of anilines is 2. The molecule has 142 valence electrons. The summed E-state index contributed by atoms with van der Waals surface area (Å²) in [7, 11) is 0. The van der Waals surface area contributed by atoms with Gasteiger partial charge >= 0.3 is 6.36 Å². The zero-order valence-electron chi connectivity index (χ0n) is 14.1. The highest BCUT2D eigenvalue weighted by atomic mass is 19.4. The monoisotopic (exact) mass is 379 g/mol. The normalized spacial score (nSPS) is 17.4. The molecule has 4 rings (SSSR count). The number of alkyl halides is 3. The molecule has 2 aromatic heterocycles. The number of hydrogen-bond acceptors (Lipinski definition) is 6. The summed E-state index contributed by atoms with van der Waals surface area (Å²) >= 11 is 0. The summed E-state index contributed by atoms with van der Waals surface area (Å²) in [5, 5.41) is 8.20. The molecular formula is C17H16F3N5O2. The quantitative estimate of drug-likeness (QED) is 0.731. The maximum atomic E-state index is 12.2. The number of hydrogen-bond donors (Lipinski definition) is 1. The Labute approximate surface area is 152 Å². The second kappa shape index (κ2) is 7.03. The lowest BCUT2D eigenvalue weighted by Gasteiger charge is -2.11. The Morgan fingerprint density at radius 1 is 1.22 bits per heavy atom. The van der Waals surface area contributed by atoms with Crippen LogP contribution in [0.15, 0.2) is 36.8 Å². The molecule has 0 spiro atoms. The number of nitrogens with zero attached hydrogens (tertiary/aromatic N) is 4. The Bertz CT molecular complexity index is 920. The molecule has 1 aromatic carbocycles. The average molecular weight is 379 g/mol. The third kappa shape index (κ3) is 4.11. The Kier molecular flexibility index (Phi) is 4.56. The smallest absolute Gasteiger partial charge is 0.406 e. The van der Waals surface area contributed by atoms with Crippen molar-refractivity contribution >= 4 is 22.5 Å². The number of aromatic nitrogens is 4. The summed E-state index contributed by atoms with van der Waals surface area (Å²) in [6.45, 7) is 2.19. The molecule has 1 unspecified atom stereocenters. The fourth-order valence-electron chi connectivity index (χ4n) is 2.97. The van der Waals surface area contributed by atoms with Gasteiger partial charge in [0.1, 0.15) is 17.9 Å². The van der Waals surface area contributed by atoms with Gasteiger partial charge in [-0.15, -0.1) is 13.2 Å². The molecule has 0 saturated carbocycles. The molecule has 10 heteroatoms. The standard InChI is InChI=1S/C17H16F3N5O2/c18-17(19,20)27-13-3-1-12(2-4-13)24-15-14-7-23-25(16(14)22-10-21-15)8-11-5-6-26-9-11/h1-4,7,10-11H,5-6,8-9H2,(H,21,22,24). The molecule has 0 radical (unpaired) electrons. The van der Waals surface area contributed by atoms with Crippen molar-refractivity contribution in [2.24, 2.45) is 5.92 Å². The van der Waals surface area contributed by atoms with Crippen LogP contribution >= 0.6 is 0 Å². The van der Waals surface area contributed by atoms with Gasteiger partial charge in [-0.3, -0.25) is 0 Å². The number of rotatable bonds is 5. The molecule has 0 aliphatic carbocycles. The maximum absolute atomic E-state index is 12.2. The van der Waals surface area contributed by atoms with E-state index < -0.39 is 6.36 Å². The average Bonchev–Trinajstić information content (AvgIpc) is 3.27. The lowest BCUT2D eigenvalue weighted by Crippen LogP contribution is -2.16. The van der Waals surface area contributed by atoms with Crippen LogP contribution in [0.4, 0.5) is 24.7 Å². The highest BCUT2D eigenvalue weighted by molar-refractivity contribution is 5.88. The summed E-state index contributed by atoms with van der Waals surface area (Å²) in [4.78, 5) is 8.52. The molecule has 3 heterocycles. The molecule has 1 N–H and O–H groups in total. The van der Waals surface area contributed by atoms with E-state index >= 15 is 0 Å². The molecule has 1 saturated heterocycles. The topological polar surface area (TPSA) is 74.1 Å². The highest BCUT2D eigenvalue weighted by Gasteiger charge is 2.31. The Morgan fingerprint density at radius 2 is 2.04 bits per heavy atom. The van der Waals surface area contributed by atoms with E-state index in [-0.39, 0.29) is 5.75 Å². The predicted octanol–water partition coefficient (Wildman–Crippen LogP) is 3.51. The first-order valence-electron chi connectivity index (χ1n) is 8.35. The molecule has 1 aliphatic rings. The molecule has 1 fully saturated rings. The number of benzene rings is 1. The van der Waals surface area contributed by atoms with Crippen molar-refractivity contribution in [3.63, 3.8) is 0 Å². The van der Waals surface area contributed by atoms with Crippen LogP contribution in [0.1, 0.15) is 6.42 Å². The van der Waals surface area contributed by atoms with Crippen LogP contribution < -0.4 is 10.1 Å². The van der Waals surface area contributed by atoms with E-state index in [2.05, 4.69) is 25.1 Å². The Morgan fingerprint density at radius 3 is 2.74 bits per heavy atom.